The molecule has 6 heteroatoms. The number of fused-ring (bicyclic) bond motifs is 4. The van der Waals surface area contributed by atoms with E-state index < -0.39 is 0 Å². The summed E-state index contributed by atoms with van der Waals surface area (Å²) in [5.74, 6) is 0. The molecule has 1 aliphatic rings. The first-order chi connectivity index (χ1) is 54.8. The molecule has 19 rings (SSSR count). The Hall–Kier alpha value is -12.9. The molecule has 4 nitrogen and oxygen atoms in total. The van der Waals surface area contributed by atoms with Gasteiger partial charge in [-0.25, -0.2) is 0 Å². The molecule has 0 saturated carbocycles. The molecular weight excluding hydrogens is 1420 g/mol. The van der Waals surface area contributed by atoms with Crippen LogP contribution in [0.2, 0.25) is 0 Å². The van der Waals surface area contributed by atoms with E-state index in [0.29, 0.717) is 0 Å². The molecule has 0 spiro atoms. The molecule has 0 aliphatic carbocycles. The summed E-state index contributed by atoms with van der Waals surface area (Å²) in [7, 11) is -0.386. The minimum Gasteiger partial charge on any atom is -0.399 e. The molecule has 1 saturated heterocycles. The molecule has 112 heavy (non-hydrogen) atoms. The molecule has 0 N–H and O–H groups in total. The lowest BCUT2D eigenvalue weighted by Gasteiger charge is -2.32. The van der Waals surface area contributed by atoms with E-state index in [-0.39, 0.29) is 18.3 Å². The van der Waals surface area contributed by atoms with Crippen molar-refractivity contribution in [2.45, 2.75) is 38.9 Å². The van der Waals surface area contributed by atoms with Crippen LogP contribution in [-0.4, -0.2) is 18.3 Å². The maximum Gasteiger partial charge on any atom is 0.494 e. The summed E-state index contributed by atoms with van der Waals surface area (Å²) >= 11 is 3.52. The Labute approximate surface area is 666 Å². The summed E-state index contributed by atoms with van der Waals surface area (Å²) in [5.41, 5.74) is 23.9. The second-order valence-electron chi connectivity index (χ2n) is 29.7. The second kappa shape index (κ2) is 31.9. The van der Waals surface area contributed by atoms with Gasteiger partial charge < -0.3 is 19.1 Å². The molecule has 0 radical (unpaired) electrons. The van der Waals surface area contributed by atoms with Gasteiger partial charge in [-0.15, -0.1) is 0 Å². The van der Waals surface area contributed by atoms with Gasteiger partial charge in [0.05, 0.1) is 11.2 Å². The standard InChI is InChI=1S/C50H35N.C36H34BNO2.C20H13Br/c1-3-9-36(10-4-1)39-21-27-48(28-22-39)51(49-29-23-40(24-30-49)37-11-5-2-6-12-37)50-31-25-41(26-32-50)43-17-18-46-35-47(20-19-45(46)34-43)44-16-15-38-13-7-8-14-42(38)33-44;1-35(2)36(3,4)40-37(39-35)31-19-25-34(26-20-31)38(32-21-15-29(16-22-32)27-11-7-5-8-12-27)33-23-17-30(18-24-33)28-13-9-6-10-14-28;21-20-10-9-18-12-17(7-8-19(18)13-20)16-6-5-14-3-1-2-4-15(14)11-16/h1-35H;5-26H,1-4H3;1-13H. The highest BCUT2D eigenvalue weighted by atomic mass is 79.9. The zero-order valence-corrected chi connectivity index (χ0v) is 64.7. The monoisotopic (exact) mass is 1500 g/mol. The lowest BCUT2D eigenvalue weighted by molar-refractivity contribution is 0.00578. The Bertz CT molecular complexity index is 6100. The van der Waals surface area contributed by atoms with E-state index in [1.807, 2.05) is 12.1 Å². The fraction of sp³-hybridized carbons (Fsp3) is 0.0566. The van der Waals surface area contributed by atoms with E-state index in [1.54, 1.807) is 0 Å². The second-order valence-corrected chi connectivity index (χ2v) is 30.6. The Kier molecular flexibility index (Phi) is 20.5. The van der Waals surface area contributed by atoms with E-state index >= 15 is 0 Å². The van der Waals surface area contributed by atoms with E-state index in [9.17, 15) is 0 Å². The van der Waals surface area contributed by atoms with Gasteiger partial charge in [-0.2, -0.15) is 0 Å². The minimum atomic E-state index is -0.386. The van der Waals surface area contributed by atoms with Gasteiger partial charge >= 0.3 is 7.12 Å². The van der Waals surface area contributed by atoms with E-state index in [0.717, 1.165) is 44.1 Å². The summed E-state index contributed by atoms with van der Waals surface area (Å²) in [6.45, 7) is 8.34. The van der Waals surface area contributed by atoms with Crippen LogP contribution in [0.3, 0.4) is 0 Å². The fourth-order valence-corrected chi connectivity index (χ4v) is 15.3. The number of benzene rings is 18. The quantitative estimate of drug-likeness (QED) is 0.101. The van der Waals surface area contributed by atoms with Crippen LogP contribution in [0.4, 0.5) is 34.1 Å². The number of halogens is 1. The first kappa shape index (κ1) is 72.0. The van der Waals surface area contributed by atoms with Crippen LogP contribution in [0.25, 0.3) is 121 Å². The predicted octanol–water partition coefficient (Wildman–Crippen LogP) is 29.3. The molecule has 1 heterocycles. The van der Waals surface area contributed by atoms with Crippen molar-refractivity contribution in [2.75, 3.05) is 9.80 Å². The average Bonchev–Trinajstić information content (AvgIpc) is 0.987. The first-order valence-corrected chi connectivity index (χ1v) is 39.1. The van der Waals surface area contributed by atoms with E-state index in [4.69, 9.17) is 9.31 Å². The van der Waals surface area contributed by atoms with Crippen molar-refractivity contribution in [3.63, 3.8) is 0 Å². The smallest absolute Gasteiger partial charge is 0.399 e. The predicted molar refractivity (Wildman–Crippen MR) is 480 cm³/mol. The molecule has 1 aliphatic heterocycles. The highest BCUT2D eigenvalue weighted by Crippen LogP contribution is 2.42. The summed E-state index contributed by atoms with van der Waals surface area (Å²) < 4.78 is 13.7. The van der Waals surface area contributed by atoms with Crippen molar-refractivity contribution in [1.29, 1.82) is 0 Å². The van der Waals surface area contributed by atoms with Crippen molar-refractivity contribution in [3.8, 4) is 77.9 Å². The van der Waals surface area contributed by atoms with Crippen LogP contribution >= 0.6 is 15.9 Å². The SMILES string of the molecule is Brc1ccc2cc(-c3ccc4ccccc4c3)ccc2c1.CC1(C)OB(c2ccc(N(c3ccc(-c4ccccc4)cc3)c3ccc(-c4ccccc4)cc3)cc2)OC1(C)C.c1ccc(-c2ccc(N(c3ccc(-c4ccccc4)cc3)c3ccc(-c4ccc5cc(-c6ccc7ccccc7c6)ccc5c4)cc3)cc2)cc1. The zero-order valence-electron chi connectivity index (χ0n) is 63.1. The van der Waals surface area contributed by atoms with Crippen LogP contribution < -0.4 is 15.3 Å². The average molecular weight is 1510 g/mol. The van der Waals surface area contributed by atoms with Gasteiger partial charge in [0.15, 0.2) is 0 Å². The molecule has 0 unspecified atom stereocenters. The largest absolute Gasteiger partial charge is 0.494 e. The molecule has 18 aromatic carbocycles. The van der Waals surface area contributed by atoms with Gasteiger partial charge in [-0.05, 0) is 269 Å². The van der Waals surface area contributed by atoms with Crippen molar-refractivity contribution in [1.82, 2.24) is 0 Å². The number of nitrogens with zero attached hydrogens (tertiary/aromatic N) is 2. The van der Waals surface area contributed by atoms with Crippen LogP contribution in [0.1, 0.15) is 27.7 Å². The van der Waals surface area contributed by atoms with Crippen LogP contribution in [0.15, 0.2) is 429 Å². The number of hydrogen-bond donors (Lipinski definition) is 0. The third-order valence-corrected chi connectivity index (χ3v) is 22.4. The molecule has 0 atom stereocenters. The normalized spacial score (nSPS) is 12.7. The lowest BCUT2D eigenvalue weighted by atomic mass is 9.79. The van der Waals surface area contributed by atoms with Gasteiger partial charge in [-0.3, -0.25) is 0 Å². The first-order valence-electron chi connectivity index (χ1n) is 38.4. The van der Waals surface area contributed by atoms with Crippen molar-refractivity contribution in [2.24, 2.45) is 0 Å². The molecule has 0 aromatic heterocycles. The maximum absolute atomic E-state index is 6.29. The Morgan fingerprint density at radius 3 is 0.688 bits per heavy atom. The maximum atomic E-state index is 6.29. The zero-order chi connectivity index (χ0) is 76.0. The van der Waals surface area contributed by atoms with Gasteiger partial charge in [0.1, 0.15) is 0 Å². The van der Waals surface area contributed by atoms with Crippen LogP contribution in [-0.2, 0) is 9.31 Å². The highest BCUT2D eigenvalue weighted by Gasteiger charge is 2.51. The fourth-order valence-electron chi connectivity index (χ4n) is 14.9. The van der Waals surface area contributed by atoms with Gasteiger partial charge in [0.2, 0.25) is 0 Å². The molecule has 18 aromatic rings. The summed E-state index contributed by atoms with van der Waals surface area (Å²) in [6.07, 6.45) is 0. The number of anilines is 6. The lowest BCUT2D eigenvalue weighted by Crippen LogP contribution is -2.41. The Morgan fingerprint density at radius 2 is 0.393 bits per heavy atom. The number of hydrogen-bond acceptors (Lipinski definition) is 4. The molecule has 1 fully saturated rings. The molecule has 0 amide bonds. The topological polar surface area (TPSA) is 24.9 Å². The van der Waals surface area contributed by atoms with E-state index in [2.05, 4.69) is 466 Å². The van der Waals surface area contributed by atoms with Crippen molar-refractivity contribution < 1.29 is 9.31 Å². The third-order valence-electron chi connectivity index (χ3n) is 21.9. The van der Waals surface area contributed by atoms with Crippen LogP contribution in [0.5, 0.6) is 0 Å². The summed E-state index contributed by atoms with van der Waals surface area (Å²) in [5, 5.41) is 10.1. The summed E-state index contributed by atoms with van der Waals surface area (Å²) in [4.78, 5) is 4.62. The van der Waals surface area contributed by atoms with Crippen molar-refractivity contribution in [3.05, 3.63) is 429 Å². The van der Waals surface area contributed by atoms with Gasteiger partial charge in [0, 0.05) is 38.6 Å². The molecular formula is C106H82BBrN2O2. The van der Waals surface area contributed by atoms with Crippen LogP contribution in [0, 0.1) is 0 Å². The molecule has 538 valence electrons. The van der Waals surface area contributed by atoms with E-state index in [1.165, 1.54) is 121 Å². The van der Waals surface area contributed by atoms with Gasteiger partial charge in [0.25, 0.3) is 0 Å². The highest BCUT2D eigenvalue weighted by molar-refractivity contribution is 9.10. The third kappa shape index (κ3) is 15.8. The minimum absolute atomic E-state index is 0.372. The van der Waals surface area contributed by atoms with Gasteiger partial charge in [-0.1, -0.05) is 325 Å². The number of rotatable bonds is 14. The Morgan fingerprint density at radius 1 is 0.196 bits per heavy atom. The van der Waals surface area contributed by atoms with Crippen molar-refractivity contribution >= 4 is 106 Å². The summed E-state index contributed by atoms with van der Waals surface area (Å²) in [6, 6.07) is 152. The molecule has 0 bridgehead atoms. The Balaban J connectivity index is 0.000000132.